The summed E-state index contributed by atoms with van der Waals surface area (Å²) >= 11 is 0. The number of nitrogens with zero attached hydrogens (tertiary/aromatic N) is 3. The number of ether oxygens (including phenoxy) is 2. The van der Waals surface area contributed by atoms with E-state index in [0.29, 0.717) is 12.2 Å². The van der Waals surface area contributed by atoms with Crippen molar-refractivity contribution in [2.24, 2.45) is 0 Å². The van der Waals surface area contributed by atoms with Crippen LogP contribution in [-0.2, 0) is 28.0 Å². The molecule has 0 N–H and O–H groups in total. The second-order valence-electron chi connectivity index (χ2n) is 5.76. The average molecular weight is 341 g/mol. The van der Waals surface area contributed by atoms with Gasteiger partial charge in [0, 0.05) is 5.56 Å². The summed E-state index contributed by atoms with van der Waals surface area (Å²) in [4.78, 5) is 3.88. The van der Waals surface area contributed by atoms with Crippen molar-refractivity contribution in [3.63, 3.8) is 0 Å². The van der Waals surface area contributed by atoms with E-state index >= 15 is 0 Å². The van der Waals surface area contributed by atoms with Gasteiger partial charge in [-0.1, -0.05) is 25.5 Å². The largest absolute Gasteiger partial charge is 0.416 e. The fourth-order valence-electron chi connectivity index (χ4n) is 2.80. The van der Waals surface area contributed by atoms with Crippen molar-refractivity contribution in [3.05, 3.63) is 48.0 Å². The molecule has 0 spiro atoms. The predicted octanol–water partition coefficient (Wildman–Crippen LogP) is 3.37. The normalized spacial score (nSPS) is 24.4. The Bertz CT molecular complexity index is 658. The lowest BCUT2D eigenvalue weighted by molar-refractivity contribution is -0.189. The molecule has 1 aromatic carbocycles. The quantitative estimate of drug-likeness (QED) is 0.837. The van der Waals surface area contributed by atoms with Crippen LogP contribution in [-0.4, -0.2) is 27.5 Å². The first kappa shape index (κ1) is 16.9. The van der Waals surface area contributed by atoms with E-state index in [1.165, 1.54) is 24.8 Å². The molecule has 0 radical (unpaired) electrons. The topological polar surface area (TPSA) is 49.2 Å². The van der Waals surface area contributed by atoms with Gasteiger partial charge in [0.25, 0.3) is 0 Å². The van der Waals surface area contributed by atoms with Crippen LogP contribution < -0.4 is 0 Å². The summed E-state index contributed by atoms with van der Waals surface area (Å²) in [5.41, 5.74) is -0.171. The molecule has 0 aliphatic carbocycles. The summed E-state index contributed by atoms with van der Waals surface area (Å²) in [5, 5.41) is 4.04. The summed E-state index contributed by atoms with van der Waals surface area (Å²) in [6, 6.07) is 4.87. The van der Waals surface area contributed by atoms with Gasteiger partial charge in [-0.2, -0.15) is 18.3 Å². The van der Waals surface area contributed by atoms with E-state index in [4.69, 9.17) is 9.47 Å². The monoisotopic (exact) mass is 341 g/mol. The van der Waals surface area contributed by atoms with Crippen molar-refractivity contribution in [1.82, 2.24) is 14.8 Å². The van der Waals surface area contributed by atoms with Gasteiger partial charge in [0.2, 0.25) is 5.79 Å². The first-order chi connectivity index (χ1) is 11.4. The number of hydrogen-bond acceptors (Lipinski definition) is 4. The minimum absolute atomic E-state index is 0.0965. The summed E-state index contributed by atoms with van der Waals surface area (Å²) in [6.45, 7) is 2.65. The molecule has 3 rings (SSSR count). The van der Waals surface area contributed by atoms with Gasteiger partial charge in [-0.15, -0.1) is 0 Å². The highest BCUT2D eigenvalue weighted by atomic mass is 19.4. The molecule has 2 unspecified atom stereocenters. The molecule has 5 nitrogen and oxygen atoms in total. The maximum Gasteiger partial charge on any atom is 0.416 e. The van der Waals surface area contributed by atoms with Gasteiger partial charge in [-0.25, -0.2) is 9.67 Å². The highest BCUT2D eigenvalue weighted by molar-refractivity contribution is 5.28. The number of halogens is 3. The van der Waals surface area contributed by atoms with Gasteiger partial charge >= 0.3 is 6.18 Å². The summed E-state index contributed by atoms with van der Waals surface area (Å²) in [6.07, 6.45) is 0.186. The van der Waals surface area contributed by atoms with Crippen LogP contribution in [0.25, 0.3) is 0 Å². The molecule has 0 bridgehead atoms. The molecule has 2 atom stereocenters. The third-order valence-corrected chi connectivity index (χ3v) is 3.96. The Balaban J connectivity index is 1.90. The molecule has 2 aromatic rings. The fraction of sp³-hybridized carbons (Fsp3) is 0.500. The number of alkyl halides is 3. The molecular formula is C16H18F3N3O2. The van der Waals surface area contributed by atoms with Gasteiger partial charge < -0.3 is 9.47 Å². The molecule has 8 heteroatoms. The lowest BCUT2D eigenvalue weighted by atomic mass is 10.0. The van der Waals surface area contributed by atoms with Crippen molar-refractivity contribution < 1.29 is 22.6 Å². The maximum absolute atomic E-state index is 12.8. The van der Waals surface area contributed by atoms with E-state index in [9.17, 15) is 13.2 Å². The van der Waals surface area contributed by atoms with Crippen molar-refractivity contribution in [2.75, 3.05) is 6.61 Å². The minimum Gasteiger partial charge on any atom is -0.342 e. The average Bonchev–Trinajstić information content (AvgIpc) is 3.18. The van der Waals surface area contributed by atoms with E-state index in [1.807, 2.05) is 6.92 Å². The van der Waals surface area contributed by atoms with Crippen LogP contribution in [0.2, 0.25) is 0 Å². The highest BCUT2D eigenvalue weighted by Gasteiger charge is 2.44. The standard InChI is InChI=1S/C16H18F3N3O2/c1-2-3-14-8-23-15(24-14,9-22-11-20-10-21-22)12-4-6-13(7-5-12)16(17,18)19/h4-7,10-11,14H,2-3,8-9H2,1H3. The van der Waals surface area contributed by atoms with E-state index in [1.54, 1.807) is 4.68 Å². The van der Waals surface area contributed by atoms with Crippen LogP contribution in [0.5, 0.6) is 0 Å². The number of hydrogen-bond donors (Lipinski definition) is 0. The van der Waals surface area contributed by atoms with Crippen molar-refractivity contribution in [2.45, 2.75) is 44.4 Å². The van der Waals surface area contributed by atoms with Crippen LogP contribution in [0.4, 0.5) is 13.2 Å². The van der Waals surface area contributed by atoms with Crippen molar-refractivity contribution >= 4 is 0 Å². The molecule has 1 aliphatic rings. The lowest BCUT2D eigenvalue weighted by Crippen LogP contribution is -2.34. The summed E-state index contributed by atoms with van der Waals surface area (Å²) in [5.74, 6) is -1.16. The minimum atomic E-state index is -4.38. The Labute approximate surface area is 137 Å². The SMILES string of the molecule is CCCC1COC(Cn2cncn2)(c2ccc(C(F)(F)F)cc2)O1. The number of aromatic nitrogens is 3. The third kappa shape index (κ3) is 3.44. The Hall–Kier alpha value is -1.93. The fourth-order valence-corrected chi connectivity index (χ4v) is 2.80. The van der Waals surface area contributed by atoms with Crippen LogP contribution in [0.3, 0.4) is 0 Å². The van der Waals surface area contributed by atoms with Crippen molar-refractivity contribution in [1.29, 1.82) is 0 Å². The maximum atomic E-state index is 12.8. The summed E-state index contributed by atoms with van der Waals surface area (Å²) < 4.78 is 51.9. The van der Waals surface area contributed by atoms with E-state index in [0.717, 1.165) is 25.0 Å². The third-order valence-electron chi connectivity index (χ3n) is 3.96. The zero-order valence-corrected chi connectivity index (χ0v) is 13.2. The molecule has 130 valence electrons. The van der Waals surface area contributed by atoms with Gasteiger partial charge in [-0.3, -0.25) is 0 Å². The molecular weight excluding hydrogens is 323 g/mol. The first-order valence-electron chi connectivity index (χ1n) is 7.75. The predicted molar refractivity (Wildman–Crippen MR) is 78.9 cm³/mol. The smallest absolute Gasteiger partial charge is 0.342 e. The van der Waals surface area contributed by atoms with Crippen LogP contribution >= 0.6 is 0 Å². The Morgan fingerprint density at radius 2 is 2.04 bits per heavy atom. The van der Waals surface area contributed by atoms with E-state index < -0.39 is 17.5 Å². The Kier molecular flexibility index (Phi) is 4.60. The van der Waals surface area contributed by atoms with Gasteiger partial charge in [-0.05, 0) is 18.6 Å². The lowest BCUT2D eigenvalue weighted by Gasteiger charge is -2.28. The molecule has 2 heterocycles. The van der Waals surface area contributed by atoms with Gasteiger partial charge in [0.05, 0.1) is 18.3 Å². The van der Waals surface area contributed by atoms with E-state index in [2.05, 4.69) is 10.1 Å². The molecule has 1 saturated heterocycles. The second kappa shape index (κ2) is 6.52. The molecule has 1 fully saturated rings. The number of rotatable bonds is 5. The van der Waals surface area contributed by atoms with Crippen LogP contribution in [0.1, 0.15) is 30.9 Å². The molecule has 0 amide bonds. The van der Waals surface area contributed by atoms with Gasteiger partial charge in [0.15, 0.2) is 0 Å². The molecule has 0 saturated carbocycles. The Morgan fingerprint density at radius 1 is 1.29 bits per heavy atom. The van der Waals surface area contributed by atoms with Crippen LogP contribution in [0.15, 0.2) is 36.9 Å². The van der Waals surface area contributed by atoms with Crippen LogP contribution in [0, 0.1) is 0 Å². The molecule has 1 aliphatic heterocycles. The highest BCUT2D eigenvalue weighted by Crippen LogP contribution is 2.38. The summed E-state index contributed by atoms with van der Waals surface area (Å²) in [7, 11) is 0. The second-order valence-corrected chi connectivity index (χ2v) is 5.76. The zero-order valence-electron chi connectivity index (χ0n) is 13.2. The number of benzene rings is 1. The Morgan fingerprint density at radius 3 is 2.62 bits per heavy atom. The molecule has 1 aromatic heterocycles. The van der Waals surface area contributed by atoms with Gasteiger partial charge in [0.1, 0.15) is 19.2 Å². The zero-order chi connectivity index (χ0) is 17.2. The molecule has 24 heavy (non-hydrogen) atoms. The first-order valence-corrected chi connectivity index (χ1v) is 7.75. The van der Waals surface area contributed by atoms with Crippen molar-refractivity contribution in [3.8, 4) is 0 Å². The van der Waals surface area contributed by atoms with E-state index in [-0.39, 0.29) is 12.6 Å².